The molecule has 0 spiro atoms. The topological polar surface area (TPSA) is 66.9 Å². The molecular weight excluding hydrogens is 216 g/mol. The molecule has 1 unspecified atom stereocenters. The third kappa shape index (κ3) is 3.00. The summed E-state index contributed by atoms with van der Waals surface area (Å²) >= 11 is 0. The average Bonchev–Trinajstić information content (AvgIpc) is 2.23. The molecule has 0 aliphatic carbocycles. The van der Waals surface area contributed by atoms with Gasteiger partial charge in [-0.05, 0) is 32.0 Å². The molecule has 2 heterocycles. The lowest BCUT2D eigenvalue weighted by Crippen LogP contribution is -2.49. The van der Waals surface area contributed by atoms with Crippen LogP contribution in [-0.2, 0) is 11.3 Å². The number of carbonyl (C=O) groups excluding carboxylic acids is 1. The zero-order valence-corrected chi connectivity index (χ0v) is 10.2. The standard InChI is InChI=1S/C12H18N4O/c1-8(10-5-13-6-10)12(17)15-7-11-3-4-14-9(2)16-11/h3-4,8,10,13H,5-7H2,1-2H3,(H,15,17). The smallest absolute Gasteiger partial charge is 0.223 e. The van der Waals surface area contributed by atoms with Crippen LogP contribution in [0.5, 0.6) is 0 Å². The largest absolute Gasteiger partial charge is 0.350 e. The first-order chi connectivity index (χ1) is 8.16. The van der Waals surface area contributed by atoms with Crippen molar-refractivity contribution in [3.8, 4) is 0 Å². The van der Waals surface area contributed by atoms with Crippen molar-refractivity contribution in [2.75, 3.05) is 13.1 Å². The van der Waals surface area contributed by atoms with Crippen molar-refractivity contribution in [1.82, 2.24) is 20.6 Å². The molecule has 2 rings (SSSR count). The molecule has 1 aliphatic rings. The zero-order chi connectivity index (χ0) is 12.3. The highest BCUT2D eigenvalue weighted by Crippen LogP contribution is 2.15. The van der Waals surface area contributed by atoms with Gasteiger partial charge < -0.3 is 10.6 Å². The molecule has 1 saturated heterocycles. The molecule has 0 saturated carbocycles. The molecule has 17 heavy (non-hydrogen) atoms. The van der Waals surface area contributed by atoms with E-state index in [1.165, 1.54) is 0 Å². The van der Waals surface area contributed by atoms with E-state index in [-0.39, 0.29) is 11.8 Å². The third-order valence-corrected chi connectivity index (χ3v) is 3.21. The molecule has 2 N–H and O–H groups in total. The number of aryl methyl sites for hydroxylation is 1. The van der Waals surface area contributed by atoms with Gasteiger partial charge in [-0.15, -0.1) is 0 Å². The molecule has 5 nitrogen and oxygen atoms in total. The summed E-state index contributed by atoms with van der Waals surface area (Å²) < 4.78 is 0. The summed E-state index contributed by atoms with van der Waals surface area (Å²) in [6.45, 7) is 6.19. The molecule has 1 aromatic rings. The number of amides is 1. The molecule has 1 aromatic heterocycles. The van der Waals surface area contributed by atoms with Crippen molar-refractivity contribution in [2.45, 2.75) is 20.4 Å². The minimum Gasteiger partial charge on any atom is -0.350 e. The Morgan fingerprint density at radius 1 is 1.65 bits per heavy atom. The van der Waals surface area contributed by atoms with E-state index < -0.39 is 0 Å². The van der Waals surface area contributed by atoms with Crippen molar-refractivity contribution in [3.63, 3.8) is 0 Å². The normalized spacial score (nSPS) is 17.3. The maximum absolute atomic E-state index is 11.9. The second kappa shape index (κ2) is 5.23. The van der Waals surface area contributed by atoms with Gasteiger partial charge in [0, 0.05) is 12.1 Å². The van der Waals surface area contributed by atoms with Gasteiger partial charge in [-0.25, -0.2) is 9.97 Å². The van der Waals surface area contributed by atoms with E-state index in [0.717, 1.165) is 24.6 Å². The molecule has 0 bridgehead atoms. The Hall–Kier alpha value is -1.49. The van der Waals surface area contributed by atoms with Crippen LogP contribution >= 0.6 is 0 Å². The fourth-order valence-corrected chi connectivity index (χ4v) is 1.82. The summed E-state index contributed by atoms with van der Waals surface area (Å²) in [5.41, 5.74) is 0.852. The Balaban J connectivity index is 1.83. The van der Waals surface area contributed by atoms with Gasteiger partial charge in [0.2, 0.25) is 5.91 Å². The molecule has 92 valence electrons. The first-order valence-electron chi connectivity index (χ1n) is 5.94. The minimum atomic E-state index is 0.0687. The van der Waals surface area contributed by atoms with Gasteiger partial charge in [-0.2, -0.15) is 0 Å². The summed E-state index contributed by atoms with van der Waals surface area (Å²) in [6.07, 6.45) is 1.71. The first-order valence-corrected chi connectivity index (χ1v) is 5.94. The number of hydrogen-bond donors (Lipinski definition) is 2. The second-order valence-corrected chi connectivity index (χ2v) is 4.52. The minimum absolute atomic E-state index is 0.0687. The van der Waals surface area contributed by atoms with Gasteiger partial charge in [-0.1, -0.05) is 6.92 Å². The summed E-state index contributed by atoms with van der Waals surface area (Å²) in [5.74, 6) is 1.38. The van der Waals surface area contributed by atoms with Crippen molar-refractivity contribution in [2.24, 2.45) is 11.8 Å². The van der Waals surface area contributed by atoms with Crippen molar-refractivity contribution in [3.05, 3.63) is 23.8 Å². The predicted octanol–water partition coefficient (Wildman–Crippen LogP) is 0.257. The summed E-state index contributed by atoms with van der Waals surface area (Å²) in [7, 11) is 0. The summed E-state index contributed by atoms with van der Waals surface area (Å²) in [6, 6.07) is 1.82. The Morgan fingerprint density at radius 2 is 2.41 bits per heavy atom. The number of rotatable bonds is 4. The van der Waals surface area contributed by atoms with Crippen LogP contribution in [0.15, 0.2) is 12.3 Å². The predicted molar refractivity (Wildman–Crippen MR) is 64.1 cm³/mol. The van der Waals surface area contributed by atoms with Gasteiger partial charge in [0.15, 0.2) is 0 Å². The van der Waals surface area contributed by atoms with E-state index >= 15 is 0 Å². The summed E-state index contributed by atoms with van der Waals surface area (Å²) in [4.78, 5) is 20.1. The van der Waals surface area contributed by atoms with Gasteiger partial charge in [-0.3, -0.25) is 4.79 Å². The molecule has 0 radical (unpaired) electrons. The van der Waals surface area contributed by atoms with E-state index in [9.17, 15) is 4.79 Å². The monoisotopic (exact) mass is 234 g/mol. The van der Waals surface area contributed by atoms with Crippen LogP contribution in [0.2, 0.25) is 0 Å². The molecule has 0 aromatic carbocycles. The highest BCUT2D eigenvalue weighted by molar-refractivity contribution is 5.78. The molecule has 1 amide bonds. The van der Waals surface area contributed by atoms with Crippen LogP contribution in [0.25, 0.3) is 0 Å². The van der Waals surface area contributed by atoms with E-state index in [1.54, 1.807) is 6.20 Å². The number of nitrogens with one attached hydrogen (secondary N) is 2. The third-order valence-electron chi connectivity index (χ3n) is 3.21. The maximum atomic E-state index is 11.9. The van der Waals surface area contributed by atoms with Crippen LogP contribution in [0, 0.1) is 18.8 Å². The van der Waals surface area contributed by atoms with Gasteiger partial charge in [0.05, 0.1) is 12.2 Å². The highest BCUT2D eigenvalue weighted by atomic mass is 16.1. The van der Waals surface area contributed by atoms with E-state index in [4.69, 9.17) is 0 Å². The lowest BCUT2D eigenvalue weighted by Gasteiger charge is -2.31. The van der Waals surface area contributed by atoms with Crippen LogP contribution in [0.3, 0.4) is 0 Å². The molecule has 1 atom stereocenters. The van der Waals surface area contributed by atoms with Crippen LogP contribution in [0.1, 0.15) is 18.4 Å². The van der Waals surface area contributed by atoms with E-state index in [2.05, 4.69) is 20.6 Å². The first kappa shape index (κ1) is 12.0. The molecule has 1 fully saturated rings. The van der Waals surface area contributed by atoms with Crippen molar-refractivity contribution in [1.29, 1.82) is 0 Å². The summed E-state index contributed by atoms with van der Waals surface area (Å²) in [5, 5.41) is 6.10. The Morgan fingerprint density at radius 3 is 3.00 bits per heavy atom. The number of carbonyl (C=O) groups is 1. The lowest BCUT2D eigenvalue weighted by atomic mass is 9.88. The van der Waals surface area contributed by atoms with E-state index in [1.807, 2.05) is 19.9 Å². The SMILES string of the molecule is Cc1nccc(CNC(=O)C(C)C2CNC2)n1. The number of hydrogen-bond acceptors (Lipinski definition) is 4. The lowest BCUT2D eigenvalue weighted by molar-refractivity contribution is -0.126. The zero-order valence-electron chi connectivity index (χ0n) is 10.2. The van der Waals surface area contributed by atoms with Crippen molar-refractivity contribution < 1.29 is 4.79 Å². The number of aromatic nitrogens is 2. The fraction of sp³-hybridized carbons (Fsp3) is 0.583. The number of nitrogens with zero attached hydrogens (tertiary/aromatic N) is 2. The molecule has 1 aliphatic heterocycles. The van der Waals surface area contributed by atoms with Gasteiger partial charge in [0.25, 0.3) is 0 Å². The van der Waals surface area contributed by atoms with Crippen LogP contribution < -0.4 is 10.6 Å². The van der Waals surface area contributed by atoms with Gasteiger partial charge >= 0.3 is 0 Å². The van der Waals surface area contributed by atoms with Crippen molar-refractivity contribution >= 4 is 5.91 Å². The Labute approximate surface area is 101 Å². The maximum Gasteiger partial charge on any atom is 0.223 e. The van der Waals surface area contributed by atoms with E-state index in [0.29, 0.717) is 12.5 Å². The fourth-order valence-electron chi connectivity index (χ4n) is 1.82. The second-order valence-electron chi connectivity index (χ2n) is 4.52. The van der Waals surface area contributed by atoms with Crippen LogP contribution in [0.4, 0.5) is 0 Å². The average molecular weight is 234 g/mol. The van der Waals surface area contributed by atoms with Crippen LogP contribution in [-0.4, -0.2) is 29.0 Å². The Kier molecular flexibility index (Phi) is 3.68. The van der Waals surface area contributed by atoms with Gasteiger partial charge in [0.1, 0.15) is 5.82 Å². The quantitative estimate of drug-likeness (QED) is 0.784. The molecule has 5 heteroatoms. The highest BCUT2D eigenvalue weighted by Gasteiger charge is 2.28. The Bertz CT molecular complexity index is 403. The molecular formula is C12H18N4O.